The fourth-order valence-corrected chi connectivity index (χ4v) is 3.11. The summed E-state index contributed by atoms with van der Waals surface area (Å²) in [5.41, 5.74) is 1.44. The Kier molecular flexibility index (Phi) is 5.25. The Balaban J connectivity index is 1.68. The van der Waals surface area contributed by atoms with Gasteiger partial charge in [-0.15, -0.1) is 0 Å². The second-order valence-electron chi connectivity index (χ2n) is 5.34. The van der Waals surface area contributed by atoms with Crippen molar-refractivity contribution >= 4 is 50.3 Å². The third kappa shape index (κ3) is 4.54. The third-order valence-corrected chi connectivity index (χ3v) is 4.26. The lowest BCUT2D eigenvalue weighted by atomic mass is 10.3. The number of carbonyl (C=O) groups is 2. The van der Waals surface area contributed by atoms with Crippen molar-refractivity contribution in [2.24, 2.45) is 0 Å². The molecule has 0 aliphatic carbocycles. The highest BCUT2D eigenvalue weighted by atomic mass is 32.1. The number of hydrogen-bond donors (Lipinski definition) is 2. The zero-order chi connectivity index (χ0) is 17.6. The van der Waals surface area contributed by atoms with Crippen LogP contribution >= 0.6 is 11.3 Å². The molecule has 0 saturated carbocycles. The van der Waals surface area contributed by atoms with Gasteiger partial charge in [0.1, 0.15) is 5.76 Å². The average Bonchev–Trinajstić information content (AvgIpc) is 3.21. The predicted octanol–water partition coefficient (Wildman–Crippen LogP) is 4.28. The van der Waals surface area contributed by atoms with Crippen LogP contribution in [0.4, 0.5) is 10.8 Å². The highest BCUT2D eigenvalue weighted by molar-refractivity contribution is 7.22. The fraction of sp³-hybridized carbons (Fsp3) is 0.167. The number of fused-ring (bicyclic) bond motifs is 1. The Hall–Kier alpha value is -2.93. The van der Waals surface area contributed by atoms with Crippen molar-refractivity contribution in [2.45, 2.75) is 19.8 Å². The highest BCUT2D eigenvalue weighted by Gasteiger charge is 2.08. The molecule has 6 nitrogen and oxygen atoms in total. The molecular weight excluding hydrogens is 338 g/mol. The minimum absolute atomic E-state index is 0.0434. The number of thiazole rings is 1. The van der Waals surface area contributed by atoms with E-state index in [0.717, 1.165) is 16.6 Å². The summed E-state index contributed by atoms with van der Waals surface area (Å²) in [6.45, 7) is 1.95. The normalized spacial score (nSPS) is 11.1. The SMILES string of the molecule is CCCC(=O)Nc1nc2ccc(NC(=O)C=Cc3ccco3)cc2s1. The monoisotopic (exact) mass is 355 g/mol. The molecule has 0 fully saturated rings. The molecule has 25 heavy (non-hydrogen) atoms. The number of nitrogens with zero attached hydrogens (tertiary/aromatic N) is 1. The summed E-state index contributed by atoms with van der Waals surface area (Å²) >= 11 is 1.38. The fourth-order valence-electron chi connectivity index (χ4n) is 2.19. The first-order valence-electron chi connectivity index (χ1n) is 7.87. The van der Waals surface area contributed by atoms with E-state index in [1.807, 2.05) is 19.1 Å². The van der Waals surface area contributed by atoms with Crippen molar-refractivity contribution in [2.75, 3.05) is 10.6 Å². The van der Waals surface area contributed by atoms with Gasteiger partial charge in [0.05, 0.1) is 16.5 Å². The molecule has 2 amide bonds. The van der Waals surface area contributed by atoms with Gasteiger partial charge in [-0.3, -0.25) is 9.59 Å². The molecule has 1 aromatic carbocycles. The first-order valence-corrected chi connectivity index (χ1v) is 8.68. The lowest BCUT2D eigenvalue weighted by Crippen LogP contribution is -2.09. The van der Waals surface area contributed by atoms with Gasteiger partial charge in [-0.1, -0.05) is 18.3 Å². The van der Waals surface area contributed by atoms with Gasteiger partial charge in [0.25, 0.3) is 0 Å². The van der Waals surface area contributed by atoms with E-state index < -0.39 is 0 Å². The number of furan rings is 1. The molecule has 3 rings (SSSR count). The van der Waals surface area contributed by atoms with E-state index >= 15 is 0 Å². The molecule has 2 N–H and O–H groups in total. The second kappa shape index (κ2) is 7.76. The molecule has 2 heterocycles. The molecule has 3 aromatic rings. The topological polar surface area (TPSA) is 84.2 Å². The smallest absolute Gasteiger partial charge is 0.248 e. The zero-order valence-corrected chi connectivity index (χ0v) is 14.4. The molecule has 2 aromatic heterocycles. The largest absolute Gasteiger partial charge is 0.465 e. The first kappa shape index (κ1) is 16.9. The summed E-state index contributed by atoms with van der Waals surface area (Å²) < 4.78 is 6.02. The second-order valence-corrected chi connectivity index (χ2v) is 6.37. The van der Waals surface area contributed by atoms with Crippen LogP contribution in [-0.2, 0) is 9.59 Å². The number of nitrogens with one attached hydrogen (secondary N) is 2. The van der Waals surface area contributed by atoms with Crippen molar-refractivity contribution in [1.82, 2.24) is 4.98 Å². The zero-order valence-electron chi connectivity index (χ0n) is 13.6. The average molecular weight is 355 g/mol. The number of carbonyl (C=O) groups excluding carboxylic acids is 2. The Labute approximate surface area is 148 Å². The molecule has 0 aliphatic heterocycles. The van der Waals surface area contributed by atoms with Gasteiger partial charge in [0, 0.05) is 18.2 Å². The summed E-state index contributed by atoms with van der Waals surface area (Å²) in [6.07, 6.45) is 5.82. The summed E-state index contributed by atoms with van der Waals surface area (Å²) in [5.74, 6) is 0.315. The van der Waals surface area contributed by atoms with Crippen LogP contribution in [0.5, 0.6) is 0 Å². The van der Waals surface area contributed by atoms with Crippen LogP contribution in [0.2, 0.25) is 0 Å². The standard InChI is InChI=1S/C18H17N3O3S/c1-2-4-16(22)21-18-20-14-8-6-12(11-15(14)25-18)19-17(23)9-7-13-5-3-10-24-13/h3,5-11H,2,4H2,1H3,(H,19,23)(H,20,21,22). The minimum Gasteiger partial charge on any atom is -0.465 e. The summed E-state index contributed by atoms with van der Waals surface area (Å²) in [6, 6.07) is 8.94. The van der Waals surface area contributed by atoms with E-state index in [0.29, 0.717) is 23.0 Å². The first-order chi connectivity index (χ1) is 12.1. The van der Waals surface area contributed by atoms with E-state index in [1.165, 1.54) is 17.4 Å². The number of benzene rings is 1. The van der Waals surface area contributed by atoms with Gasteiger partial charge >= 0.3 is 0 Å². The lowest BCUT2D eigenvalue weighted by Gasteiger charge is -2.01. The molecule has 0 spiro atoms. The molecule has 128 valence electrons. The van der Waals surface area contributed by atoms with E-state index in [2.05, 4.69) is 15.6 Å². The van der Waals surface area contributed by atoms with E-state index in [-0.39, 0.29) is 11.8 Å². The molecule has 0 radical (unpaired) electrons. The number of hydrogen-bond acceptors (Lipinski definition) is 5. The van der Waals surface area contributed by atoms with Crippen LogP contribution in [0.3, 0.4) is 0 Å². The predicted molar refractivity (Wildman–Crippen MR) is 99.5 cm³/mol. The molecular formula is C18H17N3O3S. The van der Waals surface area contributed by atoms with Crippen molar-refractivity contribution in [3.63, 3.8) is 0 Å². The number of amides is 2. The lowest BCUT2D eigenvalue weighted by molar-refractivity contribution is -0.116. The van der Waals surface area contributed by atoms with Crippen LogP contribution in [0.15, 0.2) is 47.1 Å². The van der Waals surface area contributed by atoms with Crippen LogP contribution < -0.4 is 10.6 Å². The molecule has 0 unspecified atom stereocenters. The van der Waals surface area contributed by atoms with Crippen LogP contribution in [-0.4, -0.2) is 16.8 Å². The maximum Gasteiger partial charge on any atom is 0.248 e. The molecule has 0 atom stereocenters. The quantitative estimate of drug-likeness (QED) is 0.646. The van der Waals surface area contributed by atoms with Crippen LogP contribution in [0.1, 0.15) is 25.5 Å². The summed E-state index contributed by atoms with van der Waals surface area (Å²) in [7, 11) is 0. The Morgan fingerprint density at radius 3 is 2.92 bits per heavy atom. The van der Waals surface area contributed by atoms with Gasteiger partial charge in [0.15, 0.2) is 5.13 Å². The van der Waals surface area contributed by atoms with Crippen LogP contribution in [0, 0.1) is 0 Å². The molecule has 0 bridgehead atoms. The van der Waals surface area contributed by atoms with Crippen molar-refractivity contribution in [1.29, 1.82) is 0 Å². The Morgan fingerprint density at radius 1 is 1.28 bits per heavy atom. The van der Waals surface area contributed by atoms with Gasteiger partial charge in [-0.25, -0.2) is 4.98 Å². The van der Waals surface area contributed by atoms with Gasteiger partial charge in [0.2, 0.25) is 11.8 Å². The van der Waals surface area contributed by atoms with Gasteiger partial charge in [-0.05, 0) is 42.8 Å². The van der Waals surface area contributed by atoms with E-state index in [9.17, 15) is 9.59 Å². The van der Waals surface area contributed by atoms with Gasteiger partial charge in [-0.2, -0.15) is 0 Å². The Morgan fingerprint density at radius 2 is 2.16 bits per heavy atom. The number of rotatable bonds is 6. The van der Waals surface area contributed by atoms with E-state index in [1.54, 1.807) is 30.5 Å². The van der Waals surface area contributed by atoms with Crippen molar-refractivity contribution < 1.29 is 14.0 Å². The van der Waals surface area contributed by atoms with Crippen molar-refractivity contribution in [3.8, 4) is 0 Å². The third-order valence-electron chi connectivity index (χ3n) is 3.32. The maximum absolute atomic E-state index is 12.0. The maximum atomic E-state index is 12.0. The Bertz CT molecular complexity index is 913. The van der Waals surface area contributed by atoms with Gasteiger partial charge < -0.3 is 15.1 Å². The highest BCUT2D eigenvalue weighted by Crippen LogP contribution is 2.28. The van der Waals surface area contributed by atoms with E-state index in [4.69, 9.17) is 4.42 Å². The minimum atomic E-state index is -0.253. The number of anilines is 2. The molecule has 7 heteroatoms. The van der Waals surface area contributed by atoms with Crippen molar-refractivity contribution in [3.05, 3.63) is 48.4 Å². The number of aromatic nitrogens is 1. The summed E-state index contributed by atoms with van der Waals surface area (Å²) in [4.78, 5) is 28.0. The van der Waals surface area contributed by atoms with Crippen LogP contribution in [0.25, 0.3) is 16.3 Å². The molecule has 0 aliphatic rings. The molecule has 0 saturated heterocycles. The summed E-state index contributed by atoms with van der Waals surface area (Å²) in [5, 5.41) is 6.14.